The molecule has 6 nitrogen and oxygen atoms in total. The van der Waals surface area contributed by atoms with Gasteiger partial charge in [-0.2, -0.15) is 0 Å². The summed E-state index contributed by atoms with van der Waals surface area (Å²) in [4.78, 5) is 19.4. The number of likely N-dealkylation sites (tertiary alicyclic amines) is 1. The van der Waals surface area contributed by atoms with E-state index in [1.807, 2.05) is 25.7 Å². The number of hydrogen-bond donors (Lipinski definition) is 0. The van der Waals surface area contributed by atoms with E-state index in [2.05, 4.69) is 44.4 Å². The van der Waals surface area contributed by atoms with Gasteiger partial charge in [-0.05, 0) is 98.0 Å². The summed E-state index contributed by atoms with van der Waals surface area (Å²) in [5.41, 5.74) is 5.91. The van der Waals surface area contributed by atoms with Gasteiger partial charge in [0.2, 0.25) is 0 Å². The number of anilines is 1. The van der Waals surface area contributed by atoms with Gasteiger partial charge in [-0.15, -0.1) is 0 Å². The van der Waals surface area contributed by atoms with Gasteiger partial charge in [0, 0.05) is 37.4 Å². The fraction of sp³-hybridized carbons (Fsp3) is 0.731. The monoisotopic (exact) mass is 443 g/mol. The van der Waals surface area contributed by atoms with Crippen molar-refractivity contribution >= 4 is 11.8 Å². The topological polar surface area (TPSA) is 45.3 Å². The number of fused-ring (bicyclic) bond motifs is 1. The van der Waals surface area contributed by atoms with Gasteiger partial charge in [0.05, 0.1) is 6.04 Å². The Labute approximate surface area is 193 Å². The molecular formula is C26H41N3O3. The molecule has 0 saturated carbocycles. The first kappa shape index (κ1) is 23.2. The first-order valence-electron chi connectivity index (χ1n) is 12.2. The zero-order chi connectivity index (χ0) is 23.4. The fourth-order valence-electron chi connectivity index (χ4n) is 5.79. The second kappa shape index (κ2) is 8.12. The molecule has 3 heterocycles. The molecule has 0 spiro atoms. The number of nitrogens with zero attached hydrogens (tertiary/aromatic N) is 3. The molecule has 0 aromatic heterocycles. The quantitative estimate of drug-likeness (QED) is 0.645. The maximum Gasteiger partial charge on any atom is 0.410 e. The van der Waals surface area contributed by atoms with E-state index in [-0.39, 0.29) is 11.7 Å². The zero-order valence-electron chi connectivity index (χ0n) is 21.3. The summed E-state index contributed by atoms with van der Waals surface area (Å²) in [6.07, 6.45) is 2.33. The molecule has 178 valence electrons. The van der Waals surface area contributed by atoms with Crippen LogP contribution in [0.15, 0.2) is 0 Å². The van der Waals surface area contributed by atoms with Crippen molar-refractivity contribution in [2.75, 3.05) is 44.2 Å². The molecule has 2 saturated heterocycles. The number of ether oxygens (including phenoxy) is 2. The number of benzene rings is 1. The van der Waals surface area contributed by atoms with Crippen molar-refractivity contribution in [3.63, 3.8) is 0 Å². The summed E-state index contributed by atoms with van der Waals surface area (Å²) >= 11 is 0. The van der Waals surface area contributed by atoms with E-state index >= 15 is 0 Å². The highest BCUT2D eigenvalue weighted by atomic mass is 16.6. The van der Waals surface area contributed by atoms with Gasteiger partial charge in [-0.25, -0.2) is 4.79 Å². The Morgan fingerprint density at radius 3 is 2.09 bits per heavy atom. The van der Waals surface area contributed by atoms with Gasteiger partial charge < -0.3 is 19.3 Å². The minimum atomic E-state index is -0.462. The summed E-state index contributed by atoms with van der Waals surface area (Å²) in [7, 11) is 0. The third kappa shape index (κ3) is 4.07. The highest BCUT2D eigenvalue weighted by Gasteiger charge is 2.48. The highest BCUT2D eigenvalue weighted by Crippen LogP contribution is 2.53. The Balaban J connectivity index is 1.63. The summed E-state index contributed by atoms with van der Waals surface area (Å²) in [6.45, 7) is 22.2. The van der Waals surface area contributed by atoms with Crippen LogP contribution in [0.4, 0.5) is 10.5 Å². The zero-order valence-corrected chi connectivity index (χ0v) is 21.3. The van der Waals surface area contributed by atoms with Crippen LogP contribution < -0.4 is 9.64 Å². The largest absolute Gasteiger partial charge is 0.485 e. The maximum atomic E-state index is 12.5. The van der Waals surface area contributed by atoms with Gasteiger partial charge in [0.25, 0.3) is 0 Å². The average Bonchev–Trinajstić information content (AvgIpc) is 3.30. The number of carbonyl (C=O) groups excluding carboxylic acids is 1. The Morgan fingerprint density at radius 1 is 0.938 bits per heavy atom. The molecule has 1 unspecified atom stereocenters. The molecule has 0 bridgehead atoms. The molecule has 1 aromatic carbocycles. The van der Waals surface area contributed by atoms with E-state index < -0.39 is 5.60 Å². The van der Waals surface area contributed by atoms with Gasteiger partial charge >= 0.3 is 6.09 Å². The van der Waals surface area contributed by atoms with Crippen molar-refractivity contribution in [2.45, 2.75) is 85.5 Å². The first-order chi connectivity index (χ1) is 14.9. The molecule has 2 fully saturated rings. The minimum Gasteiger partial charge on any atom is -0.485 e. The van der Waals surface area contributed by atoms with Crippen LogP contribution in [0, 0.1) is 20.8 Å². The summed E-state index contributed by atoms with van der Waals surface area (Å²) in [5, 5.41) is 0. The van der Waals surface area contributed by atoms with E-state index in [1.54, 1.807) is 0 Å². The Morgan fingerprint density at radius 2 is 1.53 bits per heavy atom. The van der Waals surface area contributed by atoms with Crippen LogP contribution in [0.25, 0.3) is 0 Å². The normalized spacial score (nSPS) is 23.3. The second-order valence-corrected chi connectivity index (χ2v) is 11.3. The first-order valence-corrected chi connectivity index (χ1v) is 12.2. The van der Waals surface area contributed by atoms with Crippen molar-refractivity contribution in [3.8, 4) is 5.75 Å². The van der Waals surface area contributed by atoms with E-state index in [1.165, 1.54) is 40.8 Å². The molecule has 0 aliphatic carbocycles. The fourth-order valence-corrected chi connectivity index (χ4v) is 5.79. The Bertz CT molecular complexity index is 889. The van der Waals surface area contributed by atoms with E-state index in [4.69, 9.17) is 9.47 Å². The van der Waals surface area contributed by atoms with Crippen molar-refractivity contribution in [1.82, 2.24) is 9.80 Å². The van der Waals surface area contributed by atoms with Crippen molar-refractivity contribution in [3.05, 3.63) is 22.3 Å². The van der Waals surface area contributed by atoms with Crippen molar-refractivity contribution in [1.29, 1.82) is 0 Å². The van der Waals surface area contributed by atoms with Crippen LogP contribution in [-0.2, 0) is 4.74 Å². The third-order valence-corrected chi connectivity index (χ3v) is 7.31. The van der Waals surface area contributed by atoms with Gasteiger partial charge in [0.15, 0.2) is 0 Å². The number of amides is 1. The predicted molar refractivity (Wildman–Crippen MR) is 129 cm³/mol. The second-order valence-electron chi connectivity index (χ2n) is 11.3. The smallest absolute Gasteiger partial charge is 0.410 e. The van der Waals surface area contributed by atoms with Gasteiger partial charge in [-0.1, -0.05) is 0 Å². The lowest BCUT2D eigenvalue weighted by Gasteiger charge is -2.39. The average molecular weight is 444 g/mol. The summed E-state index contributed by atoms with van der Waals surface area (Å²) in [5.74, 6) is 1.10. The molecule has 3 aliphatic heterocycles. The molecular weight excluding hydrogens is 402 g/mol. The highest BCUT2D eigenvalue weighted by molar-refractivity contribution is 5.72. The Hall–Kier alpha value is -1.95. The SMILES string of the molecule is Cc1c(C)c(N2CCN(C(=O)OC(C)(C)C)CC2)c(C)c2c1OC(C)(C)C2N1CCCC1. The lowest BCUT2D eigenvalue weighted by Crippen LogP contribution is -2.50. The standard InChI is InChI=1S/C26H41N3O3/c1-17-18(2)22-20(23(26(7,8)31-22)28-11-9-10-12-28)19(3)21(17)27-13-15-29(16-14-27)24(30)32-25(4,5)6/h23H,9-16H2,1-8H3. The third-order valence-electron chi connectivity index (χ3n) is 7.31. The minimum absolute atomic E-state index is 0.208. The molecule has 6 heteroatoms. The molecule has 1 amide bonds. The van der Waals surface area contributed by atoms with Crippen LogP contribution in [0.2, 0.25) is 0 Å². The van der Waals surface area contributed by atoms with Crippen LogP contribution >= 0.6 is 0 Å². The predicted octanol–water partition coefficient (Wildman–Crippen LogP) is 4.98. The van der Waals surface area contributed by atoms with E-state index in [9.17, 15) is 4.79 Å². The van der Waals surface area contributed by atoms with Crippen LogP contribution in [0.1, 0.15) is 75.8 Å². The van der Waals surface area contributed by atoms with E-state index in [0.29, 0.717) is 19.1 Å². The molecule has 3 aliphatic rings. The lowest BCUT2D eigenvalue weighted by molar-refractivity contribution is 0.0240. The van der Waals surface area contributed by atoms with E-state index in [0.717, 1.165) is 31.9 Å². The molecule has 32 heavy (non-hydrogen) atoms. The number of piperazine rings is 1. The van der Waals surface area contributed by atoms with Crippen molar-refractivity contribution < 1.29 is 14.3 Å². The maximum absolute atomic E-state index is 12.5. The molecule has 1 aromatic rings. The number of carbonyl (C=O) groups is 1. The van der Waals surface area contributed by atoms with Gasteiger partial charge in [0.1, 0.15) is 17.0 Å². The number of rotatable bonds is 2. The summed E-state index contributed by atoms with van der Waals surface area (Å²) in [6, 6.07) is 0.293. The van der Waals surface area contributed by atoms with Crippen molar-refractivity contribution in [2.24, 2.45) is 0 Å². The molecule has 4 rings (SSSR count). The van der Waals surface area contributed by atoms with Crippen LogP contribution in [0.5, 0.6) is 5.75 Å². The van der Waals surface area contributed by atoms with Crippen LogP contribution in [0.3, 0.4) is 0 Å². The molecule has 0 N–H and O–H groups in total. The van der Waals surface area contributed by atoms with Crippen LogP contribution in [-0.4, -0.2) is 66.4 Å². The molecule has 0 radical (unpaired) electrons. The lowest BCUT2D eigenvalue weighted by atomic mass is 9.87. The van der Waals surface area contributed by atoms with Gasteiger partial charge in [-0.3, -0.25) is 4.90 Å². The molecule has 1 atom stereocenters. The Kier molecular flexibility index (Phi) is 5.89. The number of hydrogen-bond acceptors (Lipinski definition) is 5. The summed E-state index contributed by atoms with van der Waals surface area (Å²) < 4.78 is 12.2.